The molecule has 0 saturated carbocycles. The second-order valence-electron chi connectivity index (χ2n) is 5.36. The van der Waals surface area contributed by atoms with Crippen LogP contribution >= 0.6 is 0 Å². The Balaban J connectivity index is 1.96. The van der Waals surface area contributed by atoms with Crippen molar-refractivity contribution in [2.45, 2.75) is 32.4 Å². The largest absolute Gasteiger partial charge is 0.444 e. The van der Waals surface area contributed by atoms with Crippen LogP contribution in [0.2, 0.25) is 0 Å². The van der Waals surface area contributed by atoms with E-state index in [1.54, 1.807) is 11.0 Å². The molecule has 0 radical (unpaired) electrons. The van der Waals surface area contributed by atoms with E-state index in [1.807, 2.05) is 20.8 Å². The maximum atomic E-state index is 12.0. The number of rotatable bonds is 1. The fourth-order valence-corrected chi connectivity index (χ4v) is 1.84. The van der Waals surface area contributed by atoms with Crippen LogP contribution in [0.25, 0.3) is 0 Å². The first kappa shape index (κ1) is 12.9. The maximum Gasteiger partial charge on any atom is 0.410 e. The van der Waals surface area contributed by atoms with E-state index in [0.717, 1.165) is 12.2 Å². The maximum absolute atomic E-state index is 12.0. The average molecular weight is 253 g/mol. The molecule has 6 heteroatoms. The fraction of sp³-hybridized carbons (Fsp3) is 0.667. The van der Waals surface area contributed by atoms with Crippen molar-refractivity contribution in [2.75, 3.05) is 19.6 Å². The number of carbonyl (C=O) groups excluding carboxylic acids is 1. The molecule has 1 atom stereocenters. The van der Waals surface area contributed by atoms with Gasteiger partial charge in [0.1, 0.15) is 17.6 Å². The number of nitrogens with zero attached hydrogens (tertiary/aromatic N) is 2. The quantitative estimate of drug-likeness (QED) is 0.822. The highest BCUT2D eigenvalue weighted by Gasteiger charge is 2.28. The van der Waals surface area contributed by atoms with Crippen LogP contribution in [0.1, 0.15) is 32.5 Å². The van der Waals surface area contributed by atoms with Crippen LogP contribution in [0.15, 0.2) is 16.9 Å². The SMILES string of the molecule is CC(C)(C)OC(=O)N1CCNC(c2ccon2)C1. The van der Waals surface area contributed by atoms with Gasteiger partial charge in [0.25, 0.3) is 0 Å². The Morgan fingerprint density at radius 3 is 3.00 bits per heavy atom. The van der Waals surface area contributed by atoms with Gasteiger partial charge in [-0.3, -0.25) is 0 Å². The molecule has 1 aromatic heterocycles. The van der Waals surface area contributed by atoms with E-state index in [2.05, 4.69) is 10.5 Å². The second kappa shape index (κ2) is 4.97. The van der Waals surface area contributed by atoms with Gasteiger partial charge < -0.3 is 19.5 Å². The average Bonchev–Trinajstić information content (AvgIpc) is 2.80. The van der Waals surface area contributed by atoms with Gasteiger partial charge in [0, 0.05) is 25.7 Å². The summed E-state index contributed by atoms with van der Waals surface area (Å²) in [4.78, 5) is 13.7. The first-order valence-corrected chi connectivity index (χ1v) is 6.07. The Hall–Kier alpha value is -1.56. The first-order valence-electron chi connectivity index (χ1n) is 6.07. The lowest BCUT2D eigenvalue weighted by atomic mass is 10.1. The topological polar surface area (TPSA) is 67.6 Å². The van der Waals surface area contributed by atoms with Gasteiger partial charge in [0.2, 0.25) is 0 Å². The molecule has 18 heavy (non-hydrogen) atoms. The van der Waals surface area contributed by atoms with Crippen molar-refractivity contribution in [3.05, 3.63) is 18.0 Å². The summed E-state index contributed by atoms with van der Waals surface area (Å²) < 4.78 is 10.2. The Labute approximate surface area is 106 Å². The van der Waals surface area contributed by atoms with Crippen molar-refractivity contribution < 1.29 is 14.1 Å². The van der Waals surface area contributed by atoms with Crippen LogP contribution in [0.3, 0.4) is 0 Å². The highest BCUT2D eigenvalue weighted by atomic mass is 16.6. The van der Waals surface area contributed by atoms with Crippen LogP contribution < -0.4 is 5.32 Å². The van der Waals surface area contributed by atoms with E-state index in [4.69, 9.17) is 9.26 Å². The van der Waals surface area contributed by atoms with Gasteiger partial charge in [-0.25, -0.2) is 4.79 Å². The third-order valence-corrected chi connectivity index (χ3v) is 2.64. The van der Waals surface area contributed by atoms with E-state index in [0.29, 0.717) is 13.1 Å². The summed E-state index contributed by atoms with van der Waals surface area (Å²) in [5.41, 5.74) is 0.342. The van der Waals surface area contributed by atoms with Crippen LogP contribution in [-0.4, -0.2) is 41.4 Å². The van der Waals surface area contributed by atoms with Crippen molar-refractivity contribution >= 4 is 6.09 Å². The Bertz CT molecular complexity index is 397. The van der Waals surface area contributed by atoms with E-state index >= 15 is 0 Å². The predicted molar refractivity (Wildman–Crippen MR) is 65.1 cm³/mol. The van der Waals surface area contributed by atoms with Crippen molar-refractivity contribution in [3.63, 3.8) is 0 Å². The van der Waals surface area contributed by atoms with Crippen LogP contribution in [0.5, 0.6) is 0 Å². The van der Waals surface area contributed by atoms with Gasteiger partial charge in [-0.05, 0) is 20.8 Å². The van der Waals surface area contributed by atoms with Gasteiger partial charge in [0.15, 0.2) is 0 Å². The van der Waals surface area contributed by atoms with Crippen molar-refractivity contribution in [3.8, 4) is 0 Å². The summed E-state index contributed by atoms with van der Waals surface area (Å²) in [6, 6.07) is 1.81. The molecule has 0 bridgehead atoms. The van der Waals surface area contributed by atoms with E-state index in [9.17, 15) is 4.79 Å². The Morgan fingerprint density at radius 2 is 2.39 bits per heavy atom. The number of aromatic nitrogens is 1. The molecule has 2 heterocycles. The molecule has 100 valence electrons. The van der Waals surface area contributed by atoms with Crippen LogP contribution in [-0.2, 0) is 4.74 Å². The molecule has 0 spiro atoms. The molecule has 1 aromatic rings. The van der Waals surface area contributed by atoms with Gasteiger partial charge in [-0.2, -0.15) is 0 Å². The Morgan fingerprint density at radius 1 is 1.61 bits per heavy atom. The summed E-state index contributed by atoms with van der Waals surface area (Å²) in [6.07, 6.45) is 1.25. The lowest BCUT2D eigenvalue weighted by molar-refractivity contribution is 0.0192. The molecule has 1 amide bonds. The van der Waals surface area contributed by atoms with Gasteiger partial charge in [0.05, 0.1) is 6.04 Å². The molecule has 1 fully saturated rings. The Kier molecular flexibility index (Phi) is 3.56. The molecule has 1 N–H and O–H groups in total. The third kappa shape index (κ3) is 3.22. The van der Waals surface area contributed by atoms with E-state index in [1.165, 1.54) is 6.26 Å². The molecule has 1 aliphatic rings. The molecule has 1 aliphatic heterocycles. The molecular weight excluding hydrogens is 234 g/mol. The molecule has 1 saturated heterocycles. The fourth-order valence-electron chi connectivity index (χ4n) is 1.84. The normalized spacial score (nSPS) is 20.8. The molecular formula is C12H19N3O3. The molecule has 0 aromatic carbocycles. The smallest absolute Gasteiger partial charge is 0.410 e. The number of piperazine rings is 1. The van der Waals surface area contributed by atoms with Crippen LogP contribution in [0.4, 0.5) is 4.79 Å². The van der Waals surface area contributed by atoms with E-state index < -0.39 is 5.60 Å². The highest BCUT2D eigenvalue weighted by Crippen LogP contribution is 2.17. The minimum Gasteiger partial charge on any atom is -0.444 e. The van der Waals surface area contributed by atoms with Crippen molar-refractivity contribution in [1.82, 2.24) is 15.4 Å². The zero-order valence-corrected chi connectivity index (χ0v) is 11.0. The summed E-state index contributed by atoms with van der Waals surface area (Å²) in [7, 11) is 0. The number of hydrogen-bond acceptors (Lipinski definition) is 5. The number of carbonyl (C=O) groups is 1. The number of nitrogens with one attached hydrogen (secondary N) is 1. The van der Waals surface area contributed by atoms with Gasteiger partial charge in [-0.1, -0.05) is 5.16 Å². The zero-order chi connectivity index (χ0) is 13.2. The number of amides is 1. The predicted octanol–water partition coefficient (Wildman–Crippen LogP) is 1.56. The monoisotopic (exact) mass is 253 g/mol. The lowest BCUT2D eigenvalue weighted by Crippen LogP contribution is -2.49. The minimum absolute atomic E-state index is 0.00465. The summed E-state index contributed by atoms with van der Waals surface area (Å²) in [6.45, 7) is 7.49. The molecule has 0 aliphatic carbocycles. The van der Waals surface area contributed by atoms with E-state index in [-0.39, 0.29) is 12.1 Å². The first-order chi connectivity index (χ1) is 8.46. The summed E-state index contributed by atoms with van der Waals surface area (Å²) >= 11 is 0. The summed E-state index contributed by atoms with van der Waals surface area (Å²) in [5.74, 6) is 0. The third-order valence-electron chi connectivity index (χ3n) is 2.64. The lowest BCUT2D eigenvalue weighted by Gasteiger charge is -2.34. The number of hydrogen-bond donors (Lipinski definition) is 1. The van der Waals surface area contributed by atoms with Crippen LogP contribution in [0, 0.1) is 0 Å². The molecule has 6 nitrogen and oxygen atoms in total. The zero-order valence-electron chi connectivity index (χ0n) is 11.0. The highest BCUT2D eigenvalue weighted by molar-refractivity contribution is 5.68. The van der Waals surface area contributed by atoms with Gasteiger partial charge >= 0.3 is 6.09 Å². The van der Waals surface area contributed by atoms with Gasteiger partial charge in [-0.15, -0.1) is 0 Å². The molecule has 1 unspecified atom stereocenters. The minimum atomic E-state index is -0.467. The van der Waals surface area contributed by atoms with Crippen molar-refractivity contribution in [1.29, 1.82) is 0 Å². The molecule has 2 rings (SSSR count). The summed E-state index contributed by atoms with van der Waals surface area (Å²) in [5, 5.41) is 7.19. The standard InChI is InChI=1S/C12H19N3O3/c1-12(2,3)18-11(16)15-6-5-13-10(8-15)9-4-7-17-14-9/h4,7,10,13H,5-6,8H2,1-3H3. The second-order valence-corrected chi connectivity index (χ2v) is 5.36. The van der Waals surface area contributed by atoms with Crippen molar-refractivity contribution in [2.24, 2.45) is 0 Å². The number of ether oxygens (including phenoxy) is 1.